The highest BCUT2D eigenvalue weighted by Crippen LogP contribution is 2.11. The Kier molecular flexibility index (Phi) is 4.33. The second-order valence-corrected chi connectivity index (χ2v) is 6.67. The summed E-state index contributed by atoms with van der Waals surface area (Å²) < 4.78 is 19.4. The number of pyridine rings is 1. The van der Waals surface area contributed by atoms with E-state index < -0.39 is 10.8 Å². The lowest BCUT2D eigenvalue weighted by Gasteiger charge is -1.96. The van der Waals surface area contributed by atoms with E-state index in [-0.39, 0.29) is 0 Å². The highest BCUT2D eigenvalue weighted by molar-refractivity contribution is 7.83. The number of imidazole rings is 1. The lowest BCUT2D eigenvalue weighted by atomic mass is 10.3. The number of hydrogen-bond acceptors (Lipinski definition) is 5. The molecule has 3 aromatic rings. The average molecular weight is 318 g/mol. The first-order valence-corrected chi connectivity index (χ1v) is 8.74. The molecule has 0 aliphatic heterocycles. The minimum absolute atomic E-state index is 0.292. The maximum atomic E-state index is 12.3. The summed E-state index contributed by atoms with van der Waals surface area (Å²) in [6.45, 7) is 4.07. The first kappa shape index (κ1) is 14.9. The zero-order chi connectivity index (χ0) is 15.5. The molecule has 0 bridgehead atoms. The van der Waals surface area contributed by atoms with E-state index in [0.29, 0.717) is 23.2 Å². The number of hydrogen-bond donors (Lipinski definition) is 0. The fourth-order valence-corrected chi connectivity index (χ4v) is 3.27. The topological polar surface area (TPSA) is 73.3 Å². The van der Waals surface area contributed by atoms with Crippen LogP contribution in [-0.4, -0.2) is 23.7 Å². The van der Waals surface area contributed by atoms with Crippen LogP contribution < -0.4 is 0 Å². The summed E-state index contributed by atoms with van der Waals surface area (Å²) in [6.07, 6.45) is 3.64. The van der Waals surface area contributed by atoms with Gasteiger partial charge in [-0.15, -0.1) is 0 Å². The monoisotopic (exact) mass is 318 g/mol. The second kappa shape index (κ2) is 6.39. The van der Waals surface area contributed by atoms with Crippen LogP contribution >= 0.6 is 0 Å². The second-order valence-electron chi connectivity index (χ2n) is 5.21. The van der Waals surface area contributed by atoms with Crippen molar-refractivity contribution in [3.63, 3.8) is 0 Å². The molecule has 0 radical (unpaired) electrons. The summed E-state index contributed by atoms with van der Waals surface area (Å²) >= 11 is 0. The zero-order valence-corrected chi connectivity index (χ0v) is 13.5. The molecule has 0 fully saturated rings. The molecular formula is C15H18N4O2S. The highest BCUT2D eigenvalue weighted by atomic mass is 32.2. The predicted molar refractivity (Wildman–Crippen MR) is 83.8 cm³/mol. The lowest BCUT2D eigenvalue weighted by Crippen LogP contribution is -2.01. The molecule has 0 unspecified atom stereocenters. The number of aromatic nitrogens is 4. The van der Waals surface area contributed by atoms with E-state index in [4.69, 9.17) is 4.52 Å². The minimum Gasteiger partial charge on any atom is -0.339 e. The SMILES string of the molecule is CCCc1nc(C[S@@](=O)Cc2cn3c(C)cccc3n2)no1. The Balaban J connectivity index is 1.68. The van der Waals surface area contributed by atoms with Gasteiger partial charge in [0.15, 0.2) is 5.82 Å². The number of fused-ring (bicyclic) bond motifs is 1. The van der Waals surface area contributed by atoms with E-state index in [1.165, 1.54) is 0 Å². The summed E-state index contributed by atoms with van der Waals surface area (Å²) in [4.78, 5) is 8.74. The van der Waals surface area contributed by atoms with E-state index >= 15 is 0 Å². The van der Waals surface area contributed by atoms with Crippen LogP contribution in [0.25, 0.3) is 5.65 Å². The van der Waals surface area contributed by atoms with Crippen LogP contribution in [0.4, 0.5) is 0 Å². The van der Waals surface area contributed by atoms with Crippen molar-refractivity contribution in [1.29, 1.82) is 0 Å². The maximum Gasteiger partial charge on any atom is 0.226 e. The Bertz CT molecular complexity index is 809. The quantitative estimate of drug-likeness (QED) is 0.698. The molecule has 0 N–H and O–H groups in total. The van der Waals surface area contributed by atoms with E-state index in [0.717, 1.165) is 29.9 Å². The fraction of sp³-hybridized carbons (Fsp3) is 0.400. The first-order valence-electron chi connectivity index (χ1n) is 7.25. The van der Waals surface area contributed by atoms with Gasteiger partial charge >= 0.3 is 0 Å². The molecule has 3 rings (SSSR count). The van der Waals surface area contributed by atoms with Crippen LogP contribution in [0.5, 0.6) is 0 Å². The van der Waals surface area contributed by atoms with Gasteiger partial charge in [-0.1, -0.05) is 18.1 Å². The third-order valence-electron chi connectivity index (χ3n) is 3.32. The van der Waals surface area contributed by atoms with E-state index in [1.807, 2.05) is 42.6 Å². The van der Waals surface area contributed by atoms with Gasteiger partial charge in [-0.25, -0.2) is 4.98 Å². The molecule has 0 saturated heterocycles. The van der Waals surface area contributed by atoms with Crippen molar-refractivity contribution < 1.29 is 8.73 Å². The molecule has 1 atom stereocenters. The van der Waals surface area contributed by atoms with Crippen LogP contribution in [0.3, 0.4) is 0 Å². The summed E-state index contributed by atoms with van der Waals surface area (Å²) in [7, 11) is -1.11. The minimum atomic E-state index is -1.11. The summed E-state index contributed by atoms with van der Waals surface area (Å²) in [6, 6.07) is 5.92. The average Bonchev–Trinajstić information content (AvgIpc) is 3.06. The Morgan fingerprint density at radius 2 is 2.14 bits per heavy atom. The van der Waals surface area contributed by atoms with Gasteiger partial charge in [0.2, 0.25) is 5.89 Å². The van der Waals surface area contributed by atoms with Crippen LogP contribution in [0.15, 0.2) is 28.9 Å². The van der Waals surface area contributed by atoms with Crippen molar-refractivity contribution in [2.75, 3.05) is 0 Å². The smallest absolute Gasteiger partial charge is 0.226 e. The molecule has 6 nitrogen and oxygen atoms in total. The Morgan fingerprint density at radius 3 is 2.91 bits per heavy atom. The van der Waals surface area contributed by atoms with Gasteiger partial charge in [-0.3, -0.25) is 4.21 Å². The molecule has 3 aromatic heterocycles. The van der Waals surface area contributed by atoms with Crippen molar-refractivity contribution in [2.45, 2.75) is 38.2 Å². The van der Waals surface area contributed by atoms with Gasteiger partial charge in [0.1, 0.15) is 5.65 Å². The van der Waals surface area contributed by atoms with E-state index in [2.05, 4.69) is 15.1 Å². The zero-order valence-electron chi connectivity index (χ0n) is 12.7. The highest BCUT2D eigenvalue weighted by Gasteiger charge is 2.12. The molecule has 0 aromatic carbocycles. The molecule has 0 aliphatic carbocycles. The molecule has 0 saturated carbocycles. The molecule has 7 heteroatoms. The van der Waals surface area contributed by atoms with Crippen molar-refractivity contribution >= 4 is 16.4 Å². The summed E-state index contributed by atoms with van der Waals surface area (Å²) in [5.74, 6) is 1.79. The Labute approximate surface area is 131 Å². The molecular weight excluding hydrogens is 300 g/mol. The maximum absolute atomic E-state index is 12.3. The van der Waals surface area contributed by atoms with Crippen molar-refractivity contribution in [3.05, 3.63) is 47.5 Å². The summed E-state index contributed by atoms with van der Waals surface area (Å²) in [5.41, 5.74) is 2.78. The van der Waals surface area contributed by atoms with Crippen molar-refractivity contribution in [3.8, 4) is 0 Å². The van der Waals surface area contributed by atoms with Crippen LogP contribution in [-0.2, 0) is 28.7 Å². The number of rotatable bonds is 6. The van der Waals surface area contributed by atoms with Crippen molar-refractivity contribution in [1.82, 2.24) is 19.5 Å². The fourth-order valence-electron chi connectivity index (χ4n) is 2.29. The van der Waals surface area contributed by atoms with E-state index in [1.54, 1.807) is 0 Å². The molecule has 22 heavy (non-hydrogen) atoms. The summed E-state index contributed by atoms with van der Waals surface area (Å²) in [5, 5.41) is 3.87. The van der Waals surface area contributed by atoms with Crippen LogP contribution in [0, 0.1) is 6.92 Å². The molecule has 0 aliphatic rings. The largest absolute Gasteiger partial charge is 0.339 e. The van der Waals surface area contributed by atoms with Crippen LogP contribution in [0.1, 0.15) is 36.4 Å². The molecule has 116 valence electrons. The van der Waals surface area contributed by atoms with Crippen LogP contribution in [0.2, 0.25) is 0 Å². The van der Waals surface area contributed by atoms with Gasteiger partial charge in [0.25, 0.3) is 0 Å². The van der Waals surface area contributed by atoms with Gasteiger partial charge in [0.05, 0.1) is 17.2 Å². The Morgan fingerprint density at radius 1 is 1.27 bits per heavy atom. The third-order valence-corrected chi connectivity index (χ3v) is 4.52. The lowest BCUT2D eigenvalue weighted by molar-refractivity contribution is 0.373. The molecule has 0 spiro atoms. The third kappa shape index (κ3) is 3.24. The Hall–Kier alpha value is -2.02. The number of aryl methyl sites for hydroxylation is 2. The van der Waals surface area contributed by atoms with Crippen molar-refractivity contribution in [2.24, 2.45) is 0 Å². The van der Waals surface area contributed by atoms with Gasteiger partial charge < -0.3 is 8.92 Å². The predicted octanol–water partition coefficient (Wildman–Crippen LogP) is 2.43. The standard InChI is InChI=1S/C15H18N4O2S/c1-3-5-15-17-13(18-21-15)10-22(20)9-12-8-19-11(2)6-4-7-14(19)16-12/h4,6-8H,3,5,9-10H2,1-2H3/t22-/m0/s1. The van der Waals surface area contributed by atoms with E-state index in [9.17, 15) is 4.21 Å². The van der Waals surface area contributed by atoms with Gasteiger partial charge in [-0.05, 0) is 25.5 Å². The normalized spacial score (nSPS) is 12.8. The molecule has 3 heterocycles. The van der Waals surface area contributed by atoms with Gasteiger partial charge in [0, 0.05) is 29.1 Å². The van der Waals surface area contributed by atoms with Gasteiger partial charge in [-0.2, -0.15) is 4.98 Å². The first-order chi connectivity index (χ1) is 10.7. The molecule has 0 amide bonds. The number of nitrogens with zero attached hydrogens (tertiary/aromatic N) is 4.